The first-order valence-corrected chi connectivity index (χ1v) is 3.58. The summed E-state index contributed by atoms with van der Waals surface area (Å²) in [5.41, 5.74) is 10.9. The van der Waals surface area contributed by atoms with Crippen LogP contribution in [0.25, 0.3) is 0 Å². The molecule has 0 heterocycles. The highest BCUT2D eigenvalue weighted by atomic mass is 16.1. The molecule has 0 aliphatic heterocycles. The molecule has 0 saturated heterocycles. The molecule has 0 fully saturated rings. The van der Waals surface area contributed by atoms with Gasteiger partial charge in [-0.1, -0.05) is 11.6 Å². The number of allylic oxidation sites excluding steroid dienone is 1. The average Bonchev–Trinajstić information content (AvgIpc) is 1.84. The minimum atomic E-state index is -0.905. The van der Waals surface area contributed by atoms with Crippen LogP contribution in [0.2, 0.25) is 0 Å². The lowest BCUT2D eigenvalue weighted by atomic mass is 9.97. The molecule has 1 amide bonds. The van der Waals surface area contributed by atoms with Crippen LogP contribution in [0.1, 0.15) is 27.2 Å². The number of hydrogen-bond donors (Lipinski definition) is 2. The first-order chi connectivity index (χ1) is 4.86. The lowest BCUT2D eigenvalue weighted by Crippen LogP contribution is -2.48. The van der Waals surface area contributed by atoms with E-state index in [1.54, 1.807) is 6.92 Å². The minimum absolute atomic E-state index is 0.463. The molecule has 0 aliphatic carbocycles. The third-order valence-corrected chi connectivity index (χ3v) is 1.50. The molecule has 0 aromatic carbocycles. The van der Waals surface area contributed by atoms with Crippen molar-refractivity contribution < 1.29 is 4.79 Å². The van der Waals surface area contributed by atoms with Crippen molar-refractivity contribution in [2.75, 3.05) is 0 Å². The molecule has 1 atom stereocenters. The van der Waals surface area contributed by atoms with Gasteiger partial charge in [-0.3, -0.25) is 4.79 Å². The van der Waals surface area contributed by atoms with Crippen LogP contribution in [0.3, 0.4) is 0 Å². The van der Waals surface area contributed by atoms with E-state index in [1.807, 2.05) is 19.9 Å². The third-order valence-electron chi connectivity index (χ3n) is 1.50. The Hall–Kier alpha value is -0.830. The van der Waals surface area contributed by atoms with Crippen LogP contribution < -0.4 is 11.5 Å². The number of rotatable bonds is 3. The van der Waals surface area contributed by atoms with Gasteiger partial charge in [0.25, 0.3) is 0 Å². The molecule has 0 aromatic heterocycles. The van der Waals surface area contributed by atoms with Crippen LogP contribution in [-0.4, -0.2) is 11.4 Å². The summed E-state index contributed by atoms with van der Waals surface area (Å²) in [5, 5.41) is 0. The molecule has 0 aromatic rings. The van der Waals surface area contributed by atoms with Gasteiger partial charge in [-0.25, -0.2) is 0 Å². The predicted octanol–water partition coefficient (Wildman–Crippen LogP) is 0.545. The van der Waals surface area contributed by atoms with E-state index in [-0.39, 0.29) is 0 Å². The largest absolute Gasteiger partial charge is 0.368 e. The fourth-order valence-corrected chi connectivity index (χ4v) is 0.517. The van der Waals surface area contributed by atoms with Crippen LogP contribution in [-0.2, 0) is 4.79 Å². The van der Waals surface area contributed by atoms with Crippen LogP contribution in [0, 0.1) is 0 Å². The molecule has 0 rings (SSSR count). The molecule has 0 aliphatic rings. The summed E-state index contributed by atoms with van der Waals surface area (Å²) in [6.07, 6.45) is 2.41. The number of carbonyl (C=O) groups excluding carboxylic acids is 1. The van der Waals surface area contributed by atoms with Gasteiger partial charge in [0, 0.05) is 0 Å². The molecule has 0 bridgehead atoms. The normalized spacial score (nSPS) is 15.3. The smallest absolute Gasteiger partial charge is 0.237 e. The van der Waals surface area contributed by atoms with Gasteiger partial charge in [-0.15, -0.1) is 0 Å². The summed E-state index contributed by atoms with van der Waals surface area (Å²) in [5.74, 6) is -0.463. The van der Waals surface area contributed by atoms with Crippen LogP contribution in [0.5, 0.6) is 0 Å². The van der Waals surface area contributed by atoms with Crippen molar-refractivity contribution in [2.24, 2.45) is 11.5 Å². The van der Waals surface area contributed by atoms with E-state index in [2.05, 4.69) is 0 Å². The van der Waals surface area contributed by atoms with Gasteiger partial charge in [0.2, 0.25) is 5.91 Å². The van der Waals surface area contributed by atoms with Gasteiger partial charge < -0.3 is 11.5 Å². The Labute approximate surface area is 67.4 Å². The summed E-state index contributed by atoms with van der Waals surface area (Å²) in [4.78, 5) is 10.7. The highest BCUT2D eigenvalue weighted by Gasteiger charge is 2.23. The van der Waals surface area contributed by atoms with Gasteiger partial charge in [0.05, 0.1) is 5.54 Å². The SMILES string of the molecule is CC(C)=CCC(C)(N)C(N)=O. The molecule has 0 spiro atoms. The first-order valence-electron chi connectivity index (χ1n) is 3.58. The van der Waals surface area contributed by atoms with Crippen molar-refractivity contribution in [1.82, 2.24) is 0 Å². The summed E-state index contributed by atoms with van der Waals surface area (Å²) in [6.45, 7) is 5.54. The molecule has 1 unspecified atom stereocenters. The number of primary amides is 1. The van der Waals surface area contributed by atoms with E-state index < -0.39 is 11.4 Å². The molecule has 3 heteroatoms. The second kappa shape index (κ2) is 3.53. The van der Waals surface area contributed by atoms with Crippen molar-refractivity contribution in [3.8, 4) is 0 Å². The van der Waals surface area contributed by atoms with Gasteiger partial charge in [-0.05, 0) is 27.2 Å². The Morgan fingerprint density at radius 2 is 2.00 bits per heavy atom. The second-order valence-corrected chi connectivity index (χ2v) is 3.27. The Bertz CT molecular complexity index is 179. The summed E-state index contributed by atoms with van der Waals surface area (Å²) in [6, 6.07) is 0. The number of nitrogens with two attached hydrogens (primary N) is 2. The molecule has 11 heavy (non-hydrogen) atoms. The van der Waals surface area contributed by atoms with Crippen LogP contribution >= 0.6 is 0 Å². The molecule has 64 valence electrons. The molecule has 0 saturated carbocycles. The lowest BCUT2D eigenvalue weighted by molar-refractivity contribution is -0.122. The molecular formula is C8H16N2O. The zero-order chi connectivity index (χ0) is 9.07. The lowest BCUT2D eigenvalue weighted by Gasteiger charge is -2.17. The minimum Gasteiger partial charge on any atom is -0.368 e. The maximum atomic E-state index is 10.7. The average molecular weight is 156 g/mol. The van der Waals surface area contributed by atoms with Crippen molar-refractivity contribution in [3.63, 3.8) is 0 Å². The Morgan fingerprint density at radius 1 is 1.55 bits per heavy atom. The van der Waals surface area contributed by atoms with E-state index >= 15 is 0 Å². The standard InChI is InChI=1S/C8H16N2O/c1-6(2)4-5-8(3,10)7(9)11/h4H,5,10H2,1-3H3,(H2,9,11). The summed E-state index contributed by atoms with van der Waals surface area (Å²) < 4.78 is 0. The Kier molecular flexibility index (Phi) is 3.26. The Morgan fingerprint density at radius 3 is 2.27 bits per heavy atom. The van der Waals surface area contributed by atoms with Crippen molar-refractivity contribution in [2.45, 2.75) is 32.7 Å². The Balaban J connectivity index is 4.14. The summed E-state index contributed by atoms with van der Waals surface area (Å²) in [7, 11) is 0. The van der Waals surface area contributed by atoms with E-state index in [0.717, 1.165) is 5.57 Å². The predicted molar refractivity (Wildman–Crippen MR) is 45.8 cm³/mol. The van der Waals surface area contributed by atoms with E-state index in [9.17, 15) is 4.79 Å². The fourth-order valence-electron chi connectivity index (χ4n) is 0.517. The molecule has 0 radical (unpaired) electrons. The second-order valence-electron chi connectivity index (χ2n) is 3.27. The van der Waals surface area contributed by atoms with E-state index in [1.165, 1.54) is 0 Å². The van der Waals surface area contributed by atoms with Crippen LogP contribution in [0.15, 0.2) is 11.6 Å². The van der Waals surface area contributed by atoms with Crippen molar-refractivity contribution >= 4 is 5.91 Å². The zero-order valence-electron chi connectivity index (χ0n) is 7.35. The first kappa shape index (κ1) is 10.2. The van der Waals surface area contributed by atoms with Gasteiger partial charge >= 0.3 is 0 Å². The molecule has 4 N–H and O–H groups in total. The topological polar surface area (TPSA) is 69.1 Å². The molecular weight excluding hydrogens is 140 g/mol. The fraction of sp³-hybridized carbons (Fsp3) is 0.625. The van der Waals surface area contributed by atoms with E-state index in [0.29, 0.717) is 6.42 Å². The number of hydrogen-bond acceptors (Lipinski definition) is 2. The highest BCUT2D eigenvalue weighted by molar-refractivity contribution is 5.84. The van der Waals surface area contributed by atoms with Gasteiger partial charge in [0.15, 0.2) is 0 Å². The van der Waals surface area contributed by atoms with Crippen molar-refractivity contribution in [3.05, 3.63) is 11.6 Å². The van der Waals surface area contributed by atoms with Gasteiger partial charge in [0.1, 0.15) is 0 Å². The number of amides is 1. The van der Waals surface area contributed by atoms with Crippen LogP contribution in [0.4, 0.5) is 0 Å². The van der Waals surface area contributed by atoms with Crippen molar-refractivity contribution in [1.29, 1.82) is 0 Å². The maximum absolute atomic E-state index is 10.7. The third kappa shape index (κ3) is 3.78. The van der Waals surface area contributed by atoms with E-state index in [4.69, 9.17) is 11.5 Å². The quantitative estimate of drug-likeness (QED) is 0.586. The number of carbonyl (C=O) groups is 1. The molecule has 3 nitrogen and oxygen atoms in total. The summed E-state index contributed by atoms with van der Waals surface area (Å²) >= 11 is 0. The monoisotopic (exact) mass is 156 g/mol. The van der Waals surface area contributed by atoms with Gasteiger partial charge in [-0.2, -0.15) is 0 Å². The maximum Gasteiger partial charge on any atom is 0.237 e. The highest BCUT2D eigenvalue weighted by Crippen LogP contribution is 2.07. The zero-order valence-corrected chi connectivity index (χ0v) is 7.35.